The maximum Gasteiger partial charge on any atom is 0.278 e. The van der Waals surface area contributed by atoms with Crippen molar-refractivity contribution in [2.24, 2.45) is 0 Å². The van der Waals surface area contributed by atoms with Crippen LogP contribution in [0.15, 0.2) is 30.3 Å². The highest BCUT2D eigenvalue weighted by atomic mass is 32.2. The summed E-state index contributed by atoms with van der Waals surface area (Å²) in [5.41, 5.74) is 0.549. The first kappa shape index (κ1) is 14.6. The molecule has 0 spiro atoms. The van der Waals surface area contributed by atoms with Crippen molar-refractivity contribution in [2.45, 2.75) is 0 Å². The summed E-state index contributed by atoms with van der Waals surface area (Å²) >= 11 is 0. The quantitative estimate of drug-likeness (QED) is 0.704. The lowest BCUT2D eigenvalue weighted by Crippen LogP contribution is -2.40. The van der Waals surface area contributed by atoms with Gasteiger partial charge in [-0.05, 0) is 12.1 Å². The minimum atomic E-state index is -3.43. The molecule has 0 fully saturated rings. The summed E-state index contributed by atoms with van der Waals surface area (Å²) in [6.07, 6.45) is 0. The zero-order chi connectivity index (χ0) is 13.6. The Balaban J connectivity index is 2.34. The summed E-state index contributed by atoms with van der Waals surface area (Å²) in [4.78, 5) is 11.6. The number of nitrogens with one attached hydrogen (secondary N) is 2. The van der Waals surface area contributed by atoms with E-state index in [1.807, 2.05) is 6.07 Å². The van der Waals surface area contributed by atoms with Gasteiger partial charge in [-0.2, -0.15) is 12.7 Å². The van der Waals surface area contributed by atoms with Crippen LogP contribution in [0.4, 0.5) is 0 Å². The first-order valence-electron chi connectivity index (χ1n) is 5.44. The summed E-state index contributed by atoms with van der Waals surface area (Å²) < 4.78 is 26.1. The Bertz CT molecular complexity index is 486. The summed E-state index contributed by atoms with van der Waals surface area (Å²) in [6, 6.07) is 8.74. The van der Waals surface area contributed by atoms with Crippen LogP contribution >= 0.6 is 0 Å². The van der Waals surface area contributed by atoms with Gasteiger partial charge in [0, 0.05) is 32.7 Å². The zero-order valence-electron chi connectivity index (χ0n) is 10.4. The van der Waals surface area contributed by atoms with Gasteiger partial charge in [-0.25, -0.2) is 4.72 Å². The van der Waals surface area contributed by atoms with Crippen LogP contribution in [-0.2, 0) is 10.2 Å². The van der Waals surface area contributed by atoms with Gasteiger partial charge in [-0.15, -0.1) is 0 Å². The standard InChI is InChI=1S/C11H17N3O3S/c1-14(2)18(16,17)13-9-8-12-11(15)10-6-4-3-5-7-10/h3-7,13H,8-9H2,1-2H3,(H,12,15). The number of carbonyl (C=O) groups excluding carboxylic acids is 1. The van der Waals surface area contributed by atoms with E-state index < -0.39 is 10.2 Å². The fourth-order valence-corrected chi connectivity index (χ4v) is 1.79. The molecule has 0 aliphatic heterocycles. The van der Waals surface area contributed by atoms with Crippen LogP contribution in [0.25, 0.3) is 0 Å². The van der Waals surface area contributed by atoms with Crippen LogP contribution in [-0.4, -0.2) is 45.8 Å². The van der Waals surface area contributed by atoms with E-state index in [0.717, 1.165) is 4.31 Å². The van der Waals surface area contributed by atoms with Gasteiger partial charge in [0.1, 0.15) is 0 Å². The highest BCUT2D eigenvalue weighted by Gasteiger charge is 2.11. The Morgan fingerprint density at radius 3 is 2.33 bits per heavy atom. The first-order chi connectivity index (χ1) is 8.43. The molecule has 0 bridgehead atoms. The third-order valence-corrected chi connectivity index (χ3v) is 3.74. The second kappa shape index (κ2) is 6.48. The fourth-order valence-electron chi connectivity index (χ4n) is 1.18. The number of hydrogen-bond donors (Lipinski definition) is 2. The van der Waals surface area contributed by atoms with E-state index in [2.05, 4.69) is 10.0 Å². The van der Waals surface area contributed by atoms with Gasteiger partial charge < -0.3 is 5.32 Å². The topological polar surface area (TPSA) is 78.5 Å². The SMILES string of the molecule is CN(C)S(=O)(=O)NCCNC(=O)c1ccccc1. The molecular formula is C11H17N3O3S. The lowest BCUT2D eigenvalue weighted by molar-refractivity contribution is 0.0954. The molecule has 0 aliphatic rings. The van der Waals surface area contributed by atoms with E-state index in [0.29, 0.717) is 5.56 Å². The average molecular weight is 271 g/mol. The summed E-state index contributed by atoms with van der Waals surface area (Å²) in [6.45, 7) is 0.389. The summed E-state index contributed by atoms with van der Waals surface area (Å²) in [7, 11) is -0.558. The molecule has 100 valence electrons. The molecule has 1 aromatic carbocycles. The third kappa shape index (κ3) is 4.44. The lowest BCUT2D eigenvalue weighted by atomic mass is 10.2. The van der Waals surface area contributed by atoms with Crippen molar-refractivity contribution in [3.8, 4) is 0 Å². The highest BCUT2D eigenvalue weighted by Crippen LogP contribution is 1.97. The molecule has 0 aliphatic carbocycles. The molecule has 1 rings (SSSR count). The summed E-state index contributed by atoms with van der Waals surface area (Å²) in [5.74, 6) is -0.223. The highest BCUT2D eigenvalue weighted by molar-refractivity contribution is 7.87. The molecule has 0 radical (unpaired) electrons. The Labute approximate surface area is 107 Å². The summed E-state index contributed by atoms with van der Waals surface area (Å²) in [5, 5.41) is 2.63. The third-order valence-electron chi connectivity index (χ3n) is 2.21. The number of amides is 1. The number of carbonyl (C=O) groups is 1. The second-order valence-electron chi connectivity index (χ2n) is 3.80. The van der Waals surface area contributed by atoms with Crippen molar-refractivity contribution >= 4 is 16.1 Å². The minimum Gasteiger partial charge on any atom is -0.351 e. The average Bonchev–Trinajstić information content (AvgIpc) is 2.35. The van der Waals surface area contributed by atoms with Crippen molar-refractivity contribution < 1.29 is 13.2 Å². The van der Waals surface area contributed by atoms with E-state index in [4.69, 9.17) is 0 Å². The normalized spacial score (nSPS) is 11.5. The van der Waals surface area contributed by atoms with Crippen LogP contribution in [0.3, 0.4) is 0 Å². The Morgan fingerprint density at radius 2 is 1.78 bits per heavy atom. The molecule has 2 N–H and O–H groups in total. The molecule has 1 amide bonds. The molecule has 0 heterocycles. The first-order valence-corrected chi connectivity index (χ1v) is 6.88. The van der Waals surface area contributed by atoms with Crippen molar-refractivity contribution in [3.63, 3.8) is 0 Å². The van der Waals surface area contributed by atoms with Crippen LogP contribution in [0, 0.1) is 0 Å². The van der Waals surface area contributed by atoms with Crippen LogP contribution < -0.4 is 10.0 Å². The molecular weight excluding hydrogens is 254 g/mol. The fraction of sp³-hybridized carbons (Fsp3) is 0.364. The molecule has 0 aromatic heterocycles. The predicted molar refractivity (Wildman–Crippen MR) is 69.4 cm³/mol. The van der Waals surface area contributed by atoms with Gasteiger partial charge in [0.05, 0.1) is 0 Å². The van der Waals surface area contributed by atoms with Crippen molar-refractivity contribution in [1.29, 1.82) is 0 Å². The molecule has 1 aromatic rings. The number of benzene rings is 1. The zero-order valence-corrected chi connectivity index (χ0v) is 11.2. The van der Waals surface area contributed by atoms with Crippen molar-refractivity contribution in [3.05, 3.63) is 35.9 Å². The van der Waals surface area contributed by atoms with Crippen molar-refractivity contribution in [1.82, 2.24) is 14.3 Å². The van der Waals surface area contributed by atoms with Gasteiger partial charge in [0.15, 0.2) is 0 Å². The Hall–Kier alpha value is -1.44. The largest absolute Gasteiger partial charge is 0.351 e. The van der Waals surface area contributed by atoms with Gasteiger partial charge >= 0.3 is 0 Å². The van der Waals surface area contributed by atoms with E-state index in [-0.39, 0.29) is 19.0 Å². The van der Waals surface area contributed by atoms with Crippen molar-refractivity contribution in [2.75, 3.05) is 27.2 Å². The molecule has 0 unspecified atom stereocenters. The molecule has 0 atom stereocenters. The Morgan fingerprint density at radius 1 is 1.17 bits per heavy atom. The van der Waals surface area contributed by atoms with Gasteiger partial charge in [-0.1, -0.05) is 18.2 Å². The maximum absolute atomic E-state index is 11.6. The van der Waals surface area contributed by atoms with Crippen LogP contribution in [0.2, 0.25) is 0 Å². The predicted octanol–water partition coefficient (Wildman–Crippen LogP) is -0.188. The van der Waals surface area contributed by atoms with E-state index in [9.17, 15) is 13.2 Å². The molecule has 6 nitrogen and oxygen atoms in total. The second-order valence-corrected chi connectivity index (χ2v) is 5.77. The van der Waals surface area contributed by atoms with E-state index >= 15 is 0 Å². The van der Waals surface area contributed by atoms with E-state index in [1.165, 1.54) is 14.1 Å². The number of rotatable bonds is 6. The smallest absolute Gasteiger partial charge is 0.278 e. The van der Waals surface area contributed by atoms with Crippen LogP contribution in [0.5, 0.6) is 0 Å². The maximum atomic E-state index is 11.6. The van der Waals surface area contributed by atoms with Gasteiger partial charge in [0.2, 0.25) is 0 Å². The minimum absolute atomic E-state index is 0.152. The molecule has 0 saturated carbocycles. The Kier molecular flexibility index (Phi) is 5.26. The van der Waals surface area contributed by atoms with Gasteiger partial charge in [-0.3, -0.25) is 4.79 Å². The number of nitrogens with zero attached hydrogens (tertiary/aromatic N) is 1. The van der Waals surface area contributed by atoms with Crippen LogP contribution in [0.1, 0.15) is 10.4 Å². The number of hydrogen-bond acceptors (Lipinski definition) is 3. The van der Waals surface area contributed by atoms with E-state index in [1.54, 1.807) is 24.3 Å². The molecule has 0 saturated heterocycles. The lowest BCUT2D eigenvalue weighted by Gasteiger charge is -2.12. The molecule has 18 heavy (non-hydrogen) atoms. The molecule has 7 heteroatoms. The monoisotopic (exact) mass is 271 g/mol. The van der Waals surface area contributed by atoms with Gasteiger partial charge in [0.25, 0.3) is 16.1 Å².